The summed E-state index contributed by atoms with van der Waals surface area (Å²) in [6.07, 6.45) is 1.11. The second kappa shape index (κ2) is 9.80. The van der Waals surface area contributed by atoms with Gasteiger partial charge >= 0.3 is 0 Å². The summed E-state index contributed by atoms with van der Waals surface area (Å²) in [6.45, 7) is 0.255. The SMILES string of the molecule is CNC(=O)C[C@@H]1CC[C@@H]2[C@@H](COc3ccc(NC(=O)c4ccccc4Cl)cc3C(=O)N2C)O1. The maximum Gasteiger partial charge on any atom is 0.257 e. The van der Waals surface area contributed by atoms with Gasteiger partial charge in [0.05, 0.1) is 34.7 Å². The highest BCUT2D eigenvalue weighted by Crippen LogP contribution is 2.32. The van der Waals surface area contributed by atoms with Crippen LogP contribution in [0.1, 0.15) is 40.0 Å². The molecule has 0 aromatic heterocycles. The first-order chi connectivity index (χ1) is 15.9. The number of likely N-dealkylation sites (N-methyl/N-ethyl adjacent to an activating group) is 1. The third kappa shape index (κ3) is 4.96. The first-order valence-electron chi connectivity index (χ1n) is 10.8. The van der Waals surface area contributed by atoms with Gasteiger partial charge in [-0.25, -0.2) is 0 Å². The van der Waals surface area contributed by atoms with Crippen LogP contribution in [0.15, 0.2) is 42.5 Å². The van der Waals surface area contributed by atoms with Crippen molar-refractivity contribution in [3.8, 4) is 5.75 Å². The summed E-state index contributed by atoms with van der Waals surface area (Å²) in [7, 11) is 3.34. The van der Waals surface area contributed by atoms with Crippen molar-refractivity contribution in [1.29, 1.82) is 0 Å². The average Bonchev–Trinajstić information content (AvgIpc) is 2.82. The molecule has 2 N–H and O–H groups in total. The van der Waals surface area contributed by atoms with Gasteiger partial charge in [0.1, 0.15) is 18.5 Å². The van der Waals surface area contributed by atoms with E-state index >= 15 is 0 Å². The molecule has 8 nitrogen and oxygen atoms in total. The minimum absolute atomic E-state index is 0.0774. The van der Waals surface area contributed by atoms with Crippen molar-refractivity contribution in [2.45, 2.75) is 37.5 Å². The minimum Gasteiger partial charge on any atom is -0.490 e. The molecule has 1 fully saturated rings. The van der Waals surface area contributed by atoms with E-state index in [4.69, 9.17) is 21.1 Å². The van der Waals surface area contributed by atoms with Crippen LogP contribution < -0.4 is 15.4 Å². The lowest BCUT2D eigenvalue weighted by Gasteiger charge is -2.42. The second-order valence-electron chi connectivity index (χ2n) is 8.19. The number of carbonyl (C=O) groups excluding carboxylic acids is 3. The molecule has 0 radical (unpaired) electrons. The number of ether oxygens (including phenoxy) is 2. The molecule has 2 aliphatic rings. The van der Waals surface area contributed by atoms with Crippen molar-refractivity contribution >= 4 is 35.0 Å². The minimum atomic E-state index is -0.365. The molecule has 0 saturated carbocycles. The van der Waals surface area contributed by atoms with E-state index in [1.807, 2.05) is 0 Å². The Morgan fingerprint density at radius 3 is 2.73 bits per heavy atom. The summed E-state index contributed by atoms with van der Waals surface area (Å²) in [6, 6.07) is 11.5. The maximum absolute atomic E-state index is 13.3. The number of amides is 3. The van der Waals surface area contributed by atoms with Gasteiger partial charge < -0.3 is 25.0 Å². The van der Waals surface area contributed by atoms with Crippen molar-refractivity contribution < 1.29 is 23.9 Å². The van der Waals surface area contributed by atoms with Crippen LogP contribution in [0.5, 0.6) is 5.75 Å². The fraction of sp³-hybridized carbons (Fsp3) is 0.375. The highest BCUT2D eigenvalue weighted by molar-refractivity contribution is 6.34. The molecule has 33 heavy (non-hydrogen) atoms. The largest absolute Gasteiger partial charge is 0.490 e. The molecule has 3 atom stereocenters. The van der Waals surface area contributed by atoms with Gasteiger partial charge in [0.2, 0.25) is 5.91 Å². The zero-order chi connectivity index (χ0) is 23.5. The summed E-state index contributed by atoms with van der Waals surface area (Å²) in [5.74, 6) is -0.248. The first kappa shape index (κ1) is 23.1. The molecule has 2 aromatic carbocycles. The predicted octanol–water partition coefficient (Wildman–Crippen LogP) is 3.11. The lowest BCUT2D eigenvalue weighted by molar-refractivity contribution is -0.133. The van der Waals surface area contributed by atoms with E-state index in [0.717, 1.165) is 0 Å². The Kier molecular flexibility index (Phi) is 6.85. The fourth-order valence-electron chi connectivity index (χ4n) is 4.26. The Bertz CT molecular complexity index is 1080. The van der Waals surface area contributed by atoms with Gasteiger partial charge in [-0.1, -0.05) is 23.7 Å². The van der Waals surface area contributed by atoms with Gasteiger partial charge in [-0.05, 0) is 43.2 Å². The Morgan fingerprint density at radius 2 is 1.97 bits per heavy atom. The molecule has 0 unspecified atom stereocenters. The zero-order valence-corrected chi connectivity index (χ0v) is 19.2. The molecule has 174 valence electrons. The molecule has 0 aliphatic carbocycles. The molecule has 0 bridgehead atoms. The third-order valence-electron chi connectivity index (χ3n) is 6.08. The lowest BCUT2D eigenvalue weighted by atomic mass is 9.94. The molecular formula is C24H26ClN3O5. The van der Waals surface area contributed by atoms with Gasteiger partial charge in [-0.3, -0.25) is 14.4 Å². The molecule has 3 amide bonds. The normalized spacial score (nSPS) is 22.2. The van der Waals surface area contributed by atoms with Crippen molar-refractivity contribution in [2.24, 2.45) is 0 Å². The van der Waals surface area contributed by atoms with E-state index < -0.39 is 0 Å². The molecule has 1 saturated heterocycles. The number of hydrogen-bond donors (Lipinski definition) is 2. The molecule has 0 spiro atoms. The van der Waals surface area contributed by atoms with Gasteiger partial charge in [0.25, 0.3) is 11.8 Å². The quantitative estimate of drug-likeness (QED) is 0.714. The zero-order valence-electron chi connectivity index (χ0n) is 18.5. The summed E-state index contributed by atoms with van der Waals surface area (Å²) < 4.78 is 12.1. The van der Waals surface area contributed by atoms with Crippen LogP contribution in [0.4, 0.5) is 5.69 Å². The molecule has 2 aliphatic heterocycles. The van der Waals surface area contributed by atoms with E-state index in [0.29, 0.717) is 40.4 Å². The monoisotopic (exact) mass is 471 g/mol. The van der Waals surface area contributed by atoms with Crippen molar-refractivity contribution in [1.82, 2.24) is 10.2 Å². The van der Waals surface area contributed by atoms with Crippen molar-refractivity contribution in [2.75, 3.05) is 26.0 Å². The van der Waals surface area contributed by atoms with E-state index in [1.54, 1.807) is 61.5 Å². The number of hydrogen-bond acceptors (Lipinski definition) is 5. The summed E-state index contributed by atoms with van der Waals surface area (Å²) in [4.78, 5) is 39.3. The van der Waals surface area contributed by atoms with Crippen LogP contribution in [-0.4, -0.2) is 61.6 Å². The van der Waals surface area contributed by atoms with E-state index in [9.17, 15) is 14.4 Å². The fourth-order valence-corrected chi connectivity index (χ4v) is 4.48. The van der Waals surface area contributed by atoms with Gasteiger partial charge in [0, 0.05) is 19.8 Å². The summed E-state index contributed by atoms with van der Waals surface area (Å²) in [5.41, 5.74) is 1.17. The highest BCUT2D eigenvalue weighted by atomic mass is 35.5. The summed E-state index contributed by atoms with van der Waals surface area (Å²) >= 11 is 6.12. The van der Waals surface area contributed by atoms with Crippen molar-refractivity contribution in [3.63, 3.8) is 0 Å². The Balaban J connectivity index is 1.52. The number of halogens is 1. The highest BCUT2D eigenvalue weighted by Gasteiger charge is 2.39. The number of rotatable bonds is 4. The van der Waals surface area contributed by atoms with Crippen LogP contribution in [0, 0.1) is 0 Å². The van der Waals surface area contributed by atoms with Crippen LogP contribution in [-0.2, 0) is 9.53 Å². The van der Waals surface area contributed by atoms with Gasteiger partial charge in [0.15, 0.2) is 0 Å². The third-order valence-corrected chi connectivity index (χ3v) is 6.41. The average molecular weight is 472 g/mol. The molecule has 4 rings (SSSR count). The van der Waals surface area contributed by atoms with Crippen LogP contribution in [0.2, 0.25) is 5.02 Å². The topological polar surface area (TPSA) is 97.0 Å². The smallest absolute Gasteiger partial charge is 0.257 e. The van der Waals surface area contributed by atoms with E-state index in [2.05, 4.69) is 10.6 Å². The Hall–Kier alpha value is -3.10. The molecule has 2 heterocycles. The first-order valence-corrected chi connectivity index (χ1v) is 11.2. The molecule has 9 heteroatoms. The molecule has 2 aromatic rings. The number of fused-ring (bicyclic) bond motifs is 2. The van der Waals surface area contributed by atoms with Crippen LogP contribution in [0.3, 0.4) is 0 Å². The van der Waals surface area contributed by atoms with Gasteiger partial charge in [-0.2, -0.15) is 0 Å². The Morgan fingerprint density at radius 1 is 1.18 bits per heavy atom. The Labute approximate surface area is 197 Å². The number of carbonyl (C=O) groups is 3. The number of anilines is 1. The van der Waals surface area contributed by atoms with E-state index in [-0.39, 0.29) is 49.0 Å². The summed E-state index contributed by atoms with van der Waals surface area (Å²) in [5, 5.41) is 5.76. The van der Waals surface area contributed by atoms with Gasteiger partial charge in [-0.15, -0.1) is 0 Å². The van der Waals surface area contributed by atoms with Crippen LogP contribution >= 0.6 is 11.6 Å². The number of nitrogens with one attached hydrogen (secondary N) is 2. The van der Waals surface area contributed by atoms with Crippen LogP contribution in [0.25, 0.3) is 0 Å². The maximum atomic E-state index is 13.3. The number of nitrogens with zero attached hydrogens (tertiary/aromatic N) is 1. The lowest BCUT2D eigenvalue weighted by Crippen LogP contribution is -2.53. The number of benzene rings is 2. The predicted molar refractivity (Wildman–Crippen MR) is 124 cm³/mol. The van der Waals surface area contributed by atoms with E-state index in [1.165, 1.54) is 0 Å². The standard InChI is InChI=1S/C24H26ClN3O5/c1-26-22(29)12-15-8-9-19-21(33-15)13-32-20-10-7-14(11-17(20)24(31)28(19)2)27-23(30)16-5-3-4-6-18(16)25/h3-7,10-11,15,19,21H,8-9,12-13H2,1-2H3,(H,26,29)(H,27,30)/t15-,19+,21+/m0/s1. The molecular weight excluding hydrogens is 446 g/mol. The second-order valence-corrected chi connectivity index (χ2v) is 8.60. The van der Waals surface area contributed by atoms with Crippen molar-refractivity contribution in [3.05, 3.63) is 58.6 Å².